The monoisotopic (exact) mass is 384 g/mol. The number of fused-ring (bicyclic) bond motifs is 5. The first-order valence-corrected chi connectivity index (χ1v) is 9.14. The molecule has 2 aliphatic rings. The highest BCUT2D eigenvalue weighted by Gasteiger charge is 2.67. The van der Waals surface area contributed by atoms with Crippen molar-refractivity contribution in [1.29, 1.82) is 0 Å². The summed E-state index contributed by atoms with van der Waals surface area (Å²) in [6, 6.07) is 5.44. The lowest BCUT2D eigenvalue weighted by Gasteiger charge is -2.34. The molecule has 0 saturated heterocycles. The molecule has 0 aliphatic heterocycles. The third-order valence-electron chi connectivity index (χ3n) is 6.66. The highest BCUT2D eigenvalue weighted by molar-refractivity contribution is 5.63. The van der Waals surface area contributed by atoms with Gasteiger partial charge in [-0.2, -0.15) is 9.78 Å². The van der Waals surface area contributed by atoms with E-state index in [9.17, 15) is 13.6 Å². The topological polar surface area (TPSA) is 73.8 Å². The highest BCUT2D eigenvalue weighted by atomic mass is 19.1. The van der Waals surface area contributed by atoms with E-state index in [4.69, 9.17) is 4.42 Å². The van der Waals surface area contributed by atoms with Crippen LogP contribution in [0.3, 0.4) is 0 Å². The van der Waals surface area contributed by atoms with Crippen LogP contribution in [0.5, 0.6) is 0 Å². The van der Waals surface area contributed by atoms with E-state index in [1.165, 1.54) is 29.9 Å². The van der Waals surface area contributed by atoms with E-state index >= 15 is 0 Å². The van der Waals surface area contributed by atoms with E-state index in [2.05, 4.69) is 29.1 Å². The number of nitrogens with zero attached hydrogens (tertiary/aromatic N) is 4. The van der Waals surface area contributed by atoms with Gasteiger partial charge in [0.2, 0.25) is 5.89 Å². The van der Waals surface area contributed by atoms with Crippen LogP contribution in [0.4, 0.5) is 8.78 Å². The molecule has 1 aromatic carbocycles. The summed E-state index contributed by atoms with van der Waals surface area (Å²) in [4.78, 5) is 11.9. The molecule has 8 heteroatoms. The van der Waals surface area contributed by atoms with Crippen molar-refractivity contribution in [2.45, 2.75) is 38.0 Å². The van der Waals surface area contributed by atoms with Gasteiger partial charge in [-0.3, -0.25) is 0 Å². The molecule has 2 bridgehead atoms. The Morgan fingerprint density at radius 2 is 1.93 bits per heavy atom. The Hall–Kier alpha value is -2.90. The highest BCUT2D eigenvalue weighted by Crippen LogP contribution is 2.69. The summed E-state index contributed by atoms with van der Waals surface area (Å²) in [7, 11) is 1.54. The lowest BCUT2D eigenvalue weighted by atomic mass is 9.68. The average Bonchev–Trinajstić information content (AvgIpc) is 3.18. The van der Waals surface area contributed by atoms with Crippen molar-refractivity contribution in [2.75, 3.05) is 0 Å². The largest absolute Gasteiger partial charge is 0.436 e. The zero-order valence-electron chi connectivity index (χ0n) is 15.7. The van der Waals surface area contributed by atoms with Crippen molar-refractivity contribution in [2.24, 2.45) is 12.5 Å². The van der Waals surface area contributed by atoms with Gasteiger partial charge in [0.25, 0.3) is 0 Å². The minimum Gasteiger partial charge on any atom is -0.391 e. The molecule has 144 valence electrons. The second kappa shape index (κ2) is 5.33. The molecule has 0 N–H and O–H groups in total. The molecular weight excluding hydrogens is 366 g/mol. The molecule has 2 heterocycles. The first kappa shape index (κ1) is 17.2. The number of hydrogen-bond donors (Lipinski definition) is 0. The van der Waals surface area contributed by atoms with Crippen molar-refractivity contribution in [3.63, 3.8) is 0 Å². The second-order valence-corrected chi connectivity index (χ2v) is 8.15. The van der Waals surface area contributed by atoms with Crippen LogP contribution in [0.1, 0.15) is 49.8 Å². The third-order valence-corrected chi connectivity index (χ3v) is 6.66. The van der Waals surface area contributed by atoms with Crippen LogP contribution in [0.15, 0.2) is 33.5 Å². The fraction of sp³-hybridized carbons (Fsp3) is 0.400. The van der Waals surface area contributed by atoms with Crippen molar-refractivity contribution >= 4 is 0 Å². The maximum absolute atomic E-state index is 14.2. The van der Waals surface area contributed by atoms with E-state index in [0.29, 0.717) is 11.6 Å². The second-order valence-electron chi connectivity index (χ2n) is 8.15. The summed E-state index contributed by atoms with van der Waals surface area (Å²) >= 11 is 0. The molecular formula is C20H18F2N4O2. The van der Waals surface area contributed by atoms with Gasteiger partial charge in [0.15, 0.2) is 0 Å². The molecule has 5 rings (SSSR count). The van der Waals surface area contributed by atoms with Gasteiger partial charge in [0, 0.05) is 7.05 Å². The summed E-state index contributed by atoms with van der Waals surface area (Å²) in [6.07, 6.45) is 1.56. The van der Waals surface area contributed by atoms with Gasteiger partial charge in [-0.15, -0.1) is 10.2 Å². The Bertz CT molecular complexity index is 1160. The van der Waals surface area contributed by atoms with E-state index in [0.717, 1.165) is 18.4 Å². The molecule has 1 fully saturated rings. The van der Waals surface area contributed by atoms with E-state index in [-0.39, 0.29) is 22.6 Å². The number of aromatic nitrogens is 4. The molecule has 28 heavy (non-hydrogen) atoms. The van der Waals surface area contributed by atoms with Crippen LogP contribution >= 0.6 is 0 Å². The Balaban J connectivity index is 1.75. The van der Waals surface area contributed by atoms with E-state index in [1.54, 1.807) is 6.07 Å². The first-order valence-electron chi connectivity index (χ1n) is 9.14. The maximum Gasteiger partial charge on any atom is 0.436 e. The summed E-state index contributed by atoms with van der Waals surface area (Å²) in [6.45, 7) is 4.18. The lowest BCUT2D eigenvalue weighted by molar-refractivity contribution is 0.203. The number of halogens is 2. The Morgan fingerprint density at radius 1 is 1.21 bits per heavy atom. The van der Waals surface area contributed by atoms with Gasteiger partial charge < -0.3 is 4.42 Å². The van der Waals surface area contributed by atoms with E-state index in [1.807, 2.05) is 0 Å². The zero-order valence-corrected chi connectivity index (χ0v) is 15.7. The number of rotatable bonds is 2. The standard InChI is InChI=1S/C20H18F2N4O2/c1-19(2)11-7-8-20(19,17-25-26(3)18(27)28-17)16-10(11)9-14(23-24-16)15-12(21)5-4-6-13(15)22/h4-6,9,11H,7-8H2,1-3H3/t11-,20+/m0/s1. The molecule has 0 amide bonds. The fourth-order valence-electron chi connectivity index (χ4n) is 5.18. The van der Waals surface area contributed by atoms with Crippen LogP contribution in [0.2, 0.25) is 0 Å². The number of aryl methyl sites for hydroxylation is 1. The summed E-state index contributed by atoms with van der Waals surface area (Å²) in [5.74, 6) is -1.47. The maximum atomic E-state index is 14.2. The minimum atomic E-state index is -0.688. The molecule has 0 radical (unpaired) electrons. The minimum absolute atomic E-state index is 0.0962. The van der Waals surface area contributed by atoms with Gasteiger partial charge in [0.1, 0.15) is 11.6 Å². The Kier molecular flexibility index (Phi) is 3.28. The molecule has 6 nitrogen and oxygen atoms in total. The van der Waals surface area contributed by atoms with Crippen LogP contribution in [0.25, 0.3) is 11.3 Å². The van der Waals surface area contributed by atoms with Crippen molar-refractivity contribution in [3.8, 4) is 11.3 Å². The summed E-state index contributed by atoms with van der Waals surface area (Å²) in [5.41, 5.74) is 0.522. The van der Waals surface area contributed by atoms with Gasteiger partial charge in [-0.25, -0.2) is 13.6 Å². The molecule has 1 saturated carbocycles. The summed E-state index contributed by atoms with van der Waals surface area (Å²) in [5, 5.41) is 12.8. The first-order chi connectivity index (χ1) is 13.3. The Morgan fingerprint density at radius 3 is 2.57 bits per heavy atom. The van der Waals surface area contributed by atoms with Crippen molar-refractivity contribution in [3.05, 3.63) is 63.6 Å². The SMILES string of the molecule is Cn1nc([C@@]23CC[C@@H](c4cc(-c5c(F)cccc5F)nnc42)C3(C)C)oc1=O. The normalized spacial score (nSPS) is 24.5. The number of benzene rings is 1. The third kappa shape index (κ3) is 1.90. The molecule has 0 spiro atoms. The summed E-state index contributed by atoms with van der Waals surface area (Å²) < 4.78 is 35.1. The van der Waals surface area contributed by atoms with Crippen LogP contribution in [0, 0.1) is 17.0 Å². The van der Waals surface area contributed by atoms with Crippen molar-refractivity contribution < 1.29 is 13.2 Å². The number of hydrogen-bond acceptors (Lipinski definition) is 5. The van der Waals surface area contributed by atoms with Crippen molar-refractivity contribution in [1.82, 2.24) is 20.0 Å². The van der Waals surface area contributed by atoms with Gasteiger partial charge >= 0.3 is 5.76 Å². The molecule has 2 aliphatic carbocycles. The Labute approximate surface area is 159 Å². The smallest absolute Gasteiger partial charge is 0.391 e. The molecule has 2 aromatic heterocycles. The predicted octanol–water partition coefficient (Wildman–Crippen LogP) is 3.31. The predicted molar refractivity (Wildman–Crippen MR) is 95.7 cm³/mol. The van der Waals surface area contributed by atoms with Gasteiger partial charge in [0.05, 0.1) is 22.4 Å². The molecule has 2 atom stereocenters. The molecule has 3 aromatic rings. The zero-order chi connectivity index (χ0) is 19.8. The van der Waals surface area contributed by atoms with Gasteiger partial charge in [-0.05, 0) is 47.9 Å². The van der Waals surface area contributed by atoms with Crippen LogP contribution in [-0.2, 0) is 12.5 Å². The van der Waals surface area contributed by atoms with Crippen LogP contribution < -0.4 is 5.76 Å². The van der Waals surface area contributed by atoms with E-state index < -0.39 is 22.8 Å². The van der Waals surface area contributed by atoms with Gasteiger partial charge in [-0.1, -0.05) is 19.9 Å². The van der Waals surface area contributed by atoms with Crippen LogP contribution in [-0.4, -0.2) is 20.0 Å². The fourth-order valence-corrected chi connectivity index (χ4v) is 5.18. The quantitative estimate of drug-likeness (QED) is 0.678. The molecule has 0 unspecified atom stereocenters. The lowest BCUT2D eigenvalue weighted by Crippen LogP contribution is -2.37. The average molecular weight is 384 g/mol.